The van der Waals surface area contributed by atoms with Crippen molar-refractivity contribution in [3.05, 3.63) is 36.4 Å². The zero-order valence-electron chi connectivity index (χ0n) is 17.5. The van der Waals surface area contributed by atoms with Crippen molar-refractivity contribution in [1.29, 1.82) is 0 Å². The van der Waals surface area contributed by atoms with Crippen LogP contribution >= 0.6 is 0 Å². The lowest BCUT2D eigenvalue weighted by atomic mass is 10.2. The van der Waals surface area contributed by atoms with E-state index in [9.17, 15) is 18.0 Å². The highest BCUT2D eigenvalue weighted by Gasteiger charge is 2.26. The molecule has 2 aromatic carbocycles. The molecule has 0 radical (unpaired) electrons. The highest BCUT2D eigenvalue weighted by Crippen LogP contribution is 2.33. The van der Waals surface area contributed by atoms with Gasteiger partial charge >= 0.3 is 0 Å². The molecular formula is C21H23N3O7S. The highest BCUT2D eigenvalue weighted by atomic mass is 32.2. The van der Waals surface area contributed by atoms with Crippen LogP contribution in [0.5, 0.6) is 17.2 Å². The fourth-order valence-electron chi connectivity index (χ4n) is 3.20. The van der Waals surface area contributed by atoms with Crippen LogP contribution in [0.3, 0.4) is 0 Å². The first-order valence-corrected chi connectivity index (χ1v) is 11.6. The summed E-state index contributed by atoms with van der Waals surface area (Å²) >= 11 is 0. The Labute approximate surface area is 185 Å². The first-order valence-electron chi connectivity index (χ1n) is 10.1. The van der Waals surface area contributed by atoms with Gasteiger partial charge in [0.15, 0.2) is 17.6 Å². The Hall–Kier alpha value is -3.31. The molecule has 32 heavy (non-hydrogen) atoms. The van der Waals surface area contributed by atoms with Crippen LogP contribution in [-0.2, 0) is 19.6 Å². The van der Waals surface area contributed by atoms with Crippen LogP contribution in [0.25, 0.3) is 0 Å². The monoisotopic (exact) mass is 461 g/mol. The zero-order chi connectivity index (χ0) is 22.9. The van der Waals surface area contributed by atoms with Gasteiger partial charge in [-0.15, -0.1) is 0 Å². The van der Waals surface area contributed by atoms with Crippen molar-refractivity contribution in [3.63, 3.8) is 0 Å². The van der Waals surface area contributed by atoms with Gasteiger partial charge in [0.1, 0.15) is 5.75 Å². The first-order chi connectivity index (χ1) is 15.2. The highest BCUT2D eigenvalue weighted by molar-refractivity contribution is 7.89. The van der Waals surface area contributed by atoms with Gasteiger partial charge < -0.3 is 24.8 Å². The second-order valence-corrected chi connectivity index (χ2v) is 9.17. The third-order valence-corrected chi connectivity index (χ3v) is 6.47. The summed E-state index contributed by atoms with van der Waals surface area (Å²) in [6.45, 7) is 3.98. The van der Waals surface area contributed by atoms with Crippen molar-refractivity contribution in [2.24, 2.45) is 0 Å². The van der Waals surface area contributed by atoms with E-state index in [-0.39, 0.29) is 10.8 Å². The van der Waals surface area contributed by atoms with E-state index in [1.54, 1.807) is 25.1 Å². The molecule has 2 aliphatic heterocycles. The average Bonchev–Trinajstić information content (AvgIpc) is 2.99. The Morgan fingerprint density at radius 3 is 2.59 bits per heavy atom. The number of anilines is 2. The molecule has 0 aromatic heterocycles. The fourth-order valence-corrected chi connectivity index (χ4v) is 4.42. The third-order valence-electron chi connectivity index (χ3n) is 4.93. The molecule has 2 atom stereocenters. The molecular weight excluding hydrogens is 438 g/mol. The van der Waals surface area contributed by atoms with Gasteiger partial charge in [-0.05, 0) is 44.2 Å². The van der Waals surface area contributed by atoms with E-state index >= 15 is 0 Å². The summed E-state index contributed by atoms with van der Waals surface area (Å²) in [4.78, 5) is 24.3. The van der Waals surface area contributed by atoms with Crippen molar-refractivity contribution in [3.8, 4) is 17.2 Å². The van der Waals surface area contributed by atoms with Crippen LogP contribution in [0.2, 0.25) is 0 Å². The predicted molar refractivity (Wildman–Crippen MR) is 116 cm³/mol. The van der Waals surface area contributed by atoms with Gasteiger partial charge in [-0.1, -0.05) is 0 Å². The molecule has 2 heterocycles. The molecule has 0 bridgehead atoms. The number of carbonyl (C=O) groups is 2. The molecule has 0 saturated heterocycles. The molecule has 4 rings (SSSR count). The molecule has 170 valence electrons. The Balaban J connectivity index is 1.44. The Morgan fingerprint density at radius 2 is 1.81 bits per heavy atom. The third kappa shape index (κ3) is 4.63. The number of benzene rings is 2. The fraction of sp³-hybridized carbons (Fsp3) is 0.333. The minimum absolute atomic E-state index is 0.0378. The number of nitrogens with one attached hydrogen (secondary N) is 3. The number of sulfonamides is 1. The minimum atomic E-state index is -3.99. The second-order valence-electron chi connectivity index (χ2n) is 7.45. The van der Waals surface area contributed by atoms with Crippen LogP contribution < -0.4 is 29.6 Å². The Morgan fingerprint density at radius 1 is 1.09 bits per heavy atom. The molecule has 0 spiro atoms. The molecule has 3 N–H and O–H groups in total. The number of rotatable bonds is 5. The van der Waals surface area contributed by atoms with Crippen LogP contribution in [0, 0.1) is 0 Å². The molecule has 11 heteroatoms. The van der Waals surface area contributed by atoms with Crippen molar-refractivity contribution in [1.82, 2.24) is 4.72 Å². The van der Waals surface area contributed by atoms with Gasteiger partial charge in [-0.3, -0.25) is 9.59 Å². The molecule has 0 unspecified atom stereocenters. The average molecular weight is 461 g/mol. The lowest BCUT2D eigenvalue weighted by Crippen LogP contribution is -2.41. The maximum Gasteiger partial charge on any atom is 0.265 e. The van der Waals surface area contributed by atoms with Crippen molar-refractivity contribution in [2.45, 2.75) is 37.3 Å². The maximum atomic E-state index is 12.8. The minimum Gasteiger partial charge on any atom is -0.490 e. The Kier molecular flexibility index (Phi) is 5.94. The molecule has 2 aromatic rings. The van der Waals surface area contributed by atoms with Gasteiger partial charge in [-0.25, -0.2) is 8.42 Å². The molecule has 2 amide bonds. The predicted octanol–water partition coefficient (Wildman–Crippen LogP) is 1.87. The first kappa shape index (κ1) is 21.9. The number of amides is 2. The second kappa shape index (κ2) is 8.67. The van der Waals surface area contributed by atoms with E-state index in [4.69, 9.17) is 14.2 Å². The standard InChI is InChI=1S/C21H23N3O7S/c1-12(20(25)22-14-4-6-17-16(10-14)23-21(26)13(2)31-17)24-32(27,28)15-5-7-18-19(11-15)30-9-3-8-29-18/h4-7,10-13,24H,3,8-9H2,1-2H3,(H,22,25)(H,23,26)/t12-,13+/m0/s1. The lowest BCUT2D eigenvalue weighted by Gasteiger charge is -2.24. The molecule has 2 aliphatic rings. The van der Waals surface area contributed by atoms with Crippen LogP contribution in [0.4, 0.5) is 11.4 Å². The molecule has 0 aliphatic carbocycles. The summed E-state index contributed by atoms with van der Waals surface area (Å²) in [5.41, 5.74) is 0.806. The zero-order valence-corrected chi connectivity index (χ0v) is 18.3. The van der Waals surface area contributed by atoms with Crippen molar-refractivity contribution in [2.75, 3.05) is 23.8 Å². The molecule has 0 fully saturated rings. The summed E-state index contributed by atoms with van der Waals surface area (Å²) < 4.78 is 44.4. The topological polar surface area (TPSA) is 132 Å². The number of carbonyl (C=O) groups excluding carboxylic acids is 2. The quantitative estimate of drug-likeness (QED) is 0.619. The number of hydrogen-bond donors (Lipinski definition) is 3. The van der Waals surface area contributed by atoms with Gasteiger partial charge in [0, 0.05) is 18.2 Å². The summed E-state index contributed by atoms with van der Waals surface area (Å²) in [6.07, 6.45) is 0.0892. The van der Waals surface area contributed by atoms with E-state index in [1.165, 1.54) is 25.1 Å². The van der Waals surface area contributed by atoms with Crippen LogP contribution in [-0.4, -0.2) is 45.6 Å². The van der Waals surface area contributed by atoms with E-state index in [1.807, 2.05) is 0 Å². The van der Waals surface area contributed by atoms with Crippen LogP contribution in [0.1, 0.15) is 20.3 Å². The van der Waals surface area contributed by atoms with E-state index in [0.717, 1.165) is 0 Å². The Bertz CT molecular complexity index is 1170. The SMILES string of the molecule is C[C@H](NS(=O)(=O)c1ccc2c(c1)OCCCO2)C(=O)Nc1ccc2c(c1)NC(=O)[C@@H](C)O2. The summed E-state index contributed by atoms with van der Waals surface area (Å²) in [5.74, 6) is 0.440. The van der Waals surface area contributed by atoms with Gasteiger partial charge in [0.05, 0.1) is 29.8 Å². The maximum absolute atomic E-state index is 12.8. The normalized spacial score (nSPS) is 18.4. The van der Waals surface area contributed by atoms with E-state index in [0.29, 0.717) is 48.3 Å². The van der Waals surface area contributed by atoms with Gasteiger partial charge in [-0.2, -0.15) is 4.72 Å². The smallest absolute Gasteiger partial charge is 0.265 e. The largest absolute Gasteiger partial charge is 0.490 e. The van der Waals surface area contributed by atoms with Crippen LogP contribution in [0.15, 0.2) is 41.3 Å². The number of hydrogen-bond acceptors (Lipinski definition) is 7. The number of fused-ring (bicyclic) bond motifs is 2. The summed E-state index contributed by atoms with van der Waals surface area (Å²) in [6, 6.07) is 8.00. The number of ether oxygens (including phenoxy) is 3. The van der Waals surface area contributed by atoms with Gasteiger partial charge in [0.2, 0.25) is 15.9 Å². The molecule has 10 nitrogen and oxygen atoms in total. The van der Waals surface area contributed by atoms with E-state index < -0.39 is 28.1 Å². The van der Waals surface area contributed by atoms with Crippen molar-refractivity contribution >= 4 is 33.2 Å². The molecule has 0 saturated carbocycles. The lowest BCUT2D eigenvalue weighted by molar-refractivity contribution is -0.122. The summed E-state index contributed by atoms with van der Waals surface area (Å²) in [7, 11) is -3.99. The van der Waals surface area contributed by atoms with Crippen molar-refractivity contribution < 1.29 is 32.2 Å². The van der Waals surface area contributed by atoms with E-state index in [2.05, 4.69) is 15.4 Å². The summed E-state index contributed by atoms with van der Waals surface area (Å²) in [5, 5.41) is 5.33. The van der Waals surface area contributed by atoms with Gasteiger partial charge in [0.25, 0.3) is 5.91 Å².